The van der Waals surface area contributed by atoms with Gasteiger partial charge in [-0.05, 0) is 37.5 Å². The van der Waals surface area contributed by atoms with Gasteiger partial charge < -0.3 is 19.8 Å². The molecule has 0 aromatic heterocycles. The van der Waals surface area contributed by atoms with Crippen molar-refractivity contribution in [2.24, 2.45) is 23.7 Å². The fraction of sp³-hybridized carbons (Fsp3) is 0.800. The molecule has 3 aliphatic rings. The van der Waals surface area contributed by atoms with E-state index in [-0.39, 0.29) is 115 Å². The van der Waals surface area contributed by atoms with Crippen molar-refractivity contribution in [1.29, 1.82) is 0 Å². The number of hydrogen-bond acceptors (Lipinski definition) is 4. The van der Waals surface area contributed by atoms with Gasteiger partial charge in [0.05, 0.1) is 0 Å². The smallest absolute Gasteiger partial charge is 0.550 e. The quantitative estimate of drug-likeness (QED) is 0.469. The van der Waals surface area contributed by atoms with Crippen LogP contribution in [-0.4, -0.2) is 11.9 Å². The first-order chi connectivity index (χ1) is 6.61. The molecule has 0 radical (unpaired) electrons. The average molecular weight is 274 g/mol. The number of hydrogen-bond donors (Lipinski definition) is 0. The van der Waals surface area contributed by atoms with Gasteiger partial charge in [-0.2, -0.15) is 0 Å². The monoisotopic (exact) mass is 274 g/mol. The molecule has 0 heterocycles. The van der Waals surface area contributed by atoms with E-state index in [0.29, 0.717) is 0 Å². The van der Waals surface area contributed by atoms with Crippen molar-refractivity contribution in [3.63, 3.8) is 0 Å². The minimum absolute atomic E-state index is 0. The van der Waals surface area contributed by atoms with Gasteiger partial charge in [-0.3, -0.25) is 0 Å². The zero-order valence-corrected chi connectivity index (χ0v) is 16.0. The molecule has 2 bridgehead atoms. The van der Waals surface area contributed by atoms with E-state index in [1.807, 2.05) is 0 Å². The Morgan fingerprint density at radius 2 is 1.00 bits per heavy atom. The fourth-order valence-corrected chi connectivity index (χ4v) is 3.13. The SMILES string of the molecule is O=C([O-])C1C2CCC(CC2)C1C(=O)[O-].[K+].[K+]. The normalized spacial score (nSPS) is 35.8. The number of aliphatic carboxylic acids is 2. The van der Waals surface area contributed by atoms with Crippen LogP contribution in [-0.2, 0) is 9.59 Å². The van der Waals surface area contributed by atoms with E-state index in [1.165, 1.54) is 0 Å². The molecule has 0 aromatic carbocycles. The molecule has 3 saturated carbocycles. The van der Waals surface area contributed by atoms with Gasteiger partial charge in [0.15, 0.2) is 0 Å². The van der Waals surface area contributed by atoms with Gasteiger partial charge in [0.1, 0.15) is 0 Å². The predicted octanol–water partition coefficient (Wildman–Crippen LogP) is -7.45. The van der Waals surface area contributed by atoms with Crippen LogP contribution in [0.3, 0.4) is 0 Å². The number of carbonyl (C=O) groups is 2. The molecule has 0 amide bonds. The molecule has 4 nitrogen and oxygen atoms in total. The minimum Gasteiger partial charge on any atom is -0.550 e. The maximum absolute atomic E-state index is 10.9. The molecular weight excluding hydrogens is 262 g/mol. The summed E-state index contributed by atoms with van der Waals surface area (Å²) in [5, 5.41) is 21.7. The van der Waals surface area contributed by atoms with Crippen LogP contribution >= 0.6 is 0 Å². The summed E-state index contributed by atoms with van der Waals surface area (Å²) in [4.78, 5) is 21.7. The molecule has 3 rings (SSSR count). The molecule has 6 heteroatoms. The second-order valence-corrected chi connectivity index (χ2v) is 4.36. The molecular formula is C10H12K2O4. The number of fused-ring (bicyclic) bond motifs is 3. The maximum Gasteiger partial charge on any atom is 1.00 e. The van der Waals surface area contributed by atoms with Crippen molar-refractivity contribution in [2.75, 3.05) is 0 Å². The average Bonchev–Trinajstić information content (AvgIpc) is 2.17. The van der Waals surface area contributed by atoms with E-state index in [4.69, 9.17) is 0 Å². The molecule has 0 N–H and O–H groups in total. The predicted molar refractivity (Wildman–Crippen MR) is 42.4 cm³/mol. The first-order valence-corrected chi connectivity index (χ1v) is 5.03. The summed E-state index contributed by atoms with van der Waals surface area (Å²) in [7, 11) is 0. The van der Waals surface area contributed by atoms with Gasteiger partial charge in [0.25, 0.3) is 0 Å². The van der Waals surface area contributed by atoms with Gasteiger partial charge in [0, 0.05) is 23.8 Å². The maximum atomic E-state index is 10.9. The van der Waals surface area contributed by atoms with E-state index in [9.17, 15) is 19.8 Å². The third-order valence-corrected chi connectivity index (χ3v) is 3.76. The van der Waals surface area contributed by atoms with E-state index >= 15 is 0 Å². The van der Waals surface area contributed by atoms with Crippen molar-refractivity contribution in [3.8, 4) is 0 Å². The van der Waals surface area contributed by atoms with Crippen LogP contribution in [0.4, 0.5) is 0 Å². The Kier molecular flexibility index (Phi) is 8.78. The Morgan fingerprint density at radius 1 is 0.750 bits per heavy atom. The van der Waals surface area contributed by atoms with Gasteiger partial charge in [-0.25, -0.2) is 0 Å². The number of carboxylic acid groups (broad SMARTS) is 2. The van der Waals surface area contributed by atoms with Crippen molar-refractivity contribution in [2.45, 2.75) is 25.7 Å². The molecule has 16 heavy (non-hydrogen) atoms. The largest absolute Gasteiger partial charge is 1.00 e. The molecule has 3 fully saturated rings. The first-order valence-electron chi connectivity index (χ1n) is 5.03. The van der Waals surface area contributed by atoms with E-state index in [0.717, 1.165) is 25.7 Å². The summed E-state index contributed by atoms with van der Waals surface area (Å²) >= 11 is 0. The summed E-state index contributed by atoms with van der Waals surface area (Å²) in [5.41, 5.74) is 0. The number of carboxylic acids is 2. The molecule has 0 saturated heterocycles. The van der Waals surface area contributed by atoms with Crippen molar-refractivity contribution >= 4 is 11.9 Å². The first kappa shape index (κ1) is 18.2. The van der Waals surface area contributed by atoms with Crippen molar-refractivity contribution < 1.29 is 123 Å². The van der Waals surface area contributed by atoms with Crippen LogP contribution in [0.25, 0.3) is 0 Å². The standard InChI is InChI=1S/C10H14O4.2K/c11-9(12)7-5-1-2-6(4-3-5)8(7)10(13)14;;/h5-8H,1-4H2,(H,11,12)(H,13,14);;/q;2*+1/p-2. The Labute approximate surface area is 180 Å². The van der Waals surface area contributed by atoms with Crippen LogP contribution < -0.4 is 113 Å². The Balaban J connectivity index is 0.00000112. The zero-order valence-electron chi connectivity index (χ0n) is 9.77. The Bertz CT molecular complexity index is 246. The molecule has 2 atom stereocenters. The van der Waals surface area contributed by atoms with Crippen LogP contribution in [0.5, 0.6) is 0 Å². The van der Waals surface area contributed by atoms with Crippen LogP contribution in [0.2, 0.25) is 0 Å². The van der Waals surface area contributed by atoms with Crippen molar-refractivity contribution in [3.05, 3.63) is 0 Å². The van der Waals surface area contributed by atoms with E-state index < -0.39 is 23.8 Å². The minimum atomic E-state index is -1.21. The van der Waals surface area contributed by atoms with Crippen LogP contribution in [0.1, 0.15) is 25.7 Å². The second kappa shape index (κ2) is 7.72. The Hall–Kier alpha value is 2.21. The summed E-state index contributed by atoms with van der Waals surface area (Å²) in [6.45, 7) is 0. The van der Waals surface area contributed by atoms with Gasteiger partial charge >= 0.3 is 103 Å². The summed E-state index contributed by atoms with van der Waals surface area (Å²) in [6.07, 6.45) is 3.31. The molecule has 0 aliphatic heterocycles. The third-order valence-electron chi connectivity index (χ3n) is 3.76. The Morgan fingerprint density at radius 3 is 1.19 bits per heavy atom. The molecule has 2 unspecified atom stereocenters. The van der Waals surface area contributed by atoms with Gasteiger partial charge in [-0.1, -0.05) is 0 Å². The molecule has 3 aliphatic carbocycles. The summed E-state index contributed by atoms with van der Waals surface area (Å²) in [5.74, 6) is -4.07. The summed E-state index contributed by atoms with van der Waals surface area (Å²) < 4.78 is 0. The topological polar surface area (TPSA) is 80.3 Å². The van der Waals surface area contributed by atoms with E-state index in [1.54, 1.807) is 0 Å². The van der Waals surface area contributed by atoms with Crippen LogP contribution in [0.15, 0.2) is 0 Å². The fourth-order valence-electron chi connectivity index (χ4n) is 3.13. The number of rotatable bonds is 2. The van der Waals surface area contributed by atoms with E-state index in [2.05, 4.69) is 0 Å². The second-order valence-electron chi connectivity index (χ2n) is 4.36. The number of carbonyl (C=O) groups excluding carboxylic acids is 2. The zero-order chi connectivity index (χ0) is 10.3. The summed E-state index contributed by atoms with van der Waals surface area (Å²) in [6, 6.07) is 0. The molecule has 0 aromatic rings. The van der Waals surface area contributed by atoms with Crippen molar-refractivity contribution in [1.82, 2.24) is 0 Å². The van der Waals surface area contributed by atoms with Gasteiger partial charge in [0.2, 0.25) is 0 Å². The molecule has 0 spiro atoms. The third kappa shape index (κ3) is 3.62. The molecule has 78 valence electrons. The van der Waals surface area contributed by atoms with Gasteiger partial charge in [-0.15, -0.1) is 0 Å². The van der Waals surface area contributed by atoms with Crippen LogP contribution in [0, 0.1) is 23.7 Å².